The molecular formula is C20H14N4O2. The molecule has 0 radical (unpaired) electrons. The third-order valence-corrected chi connectivity index (χ3v) is 3.86. The van der Waals surface area contributed by atoms with Crippen LogP contribution < -0.4 is 10.1 Å². The average molecular weight is 342 g/mol. The predicted molar refractivity (Wildman–Crippen MR) is 97.0 cm³/mol. The summed E-state index contributed by atoms with van der Waals surface area (Å²) in [5.74, 6) is 1.24. The molecule has 0 spiro atoms. The molecule has 26 heavy (non-hydrogen) atoms. The fraction of sp³-hybridized carbons (Fsp3) is 0.0500. The van der Waals surface area contributed by atoms with Gasteiger partial charge in [-0.3, -0.25) is 4.98 Å². The van der Waals surface area contributed by atoms with E-state index in [-0.39, 0.29) is 0 Å². The first-order chi connectivity index (χ1) is 12.8. The highest BCUT2D eigenvalue weighted by molar-refractivity contribution is 5.95. The van der Waals surface area contributed by atoms with E-state index >= 15 is 0 Å². The van der Waals surface area contributed by atoms with Crippen LogP contribution in [-0.4, -0.2) is 10.1 Å². The van der Waals surface area contributed by atoms with Gasteiger partial charge in [-0.05, 0) is 42.0 Å². The van der Waals surface area contributed by atoms with Crippen molar-refractivity contribution in [1.29, 1.82) is 5.26 Å². The lowest BCUT2D eigenvalue weighted by atomic mass is 10.1. The number of benzene rings is 2. The molecule has 0 saturated heterocycles. The molecule has 0 bridgehead atoms. The van der Waals surface area contributed by atoms with Crippen molar-refractivity contribution in [3.05, 3.63) is 78.1 Å². The van der Waals surface area contributed by atoms with Crippen molar-refractivity contribution in [2.75, 3.05) is 5.32 Å². The Morgan fingerprint density at radius 3 is 2.73 bits per heavy atom. The molecule has 4 aromatic rings. The quantitative estimate of drug-likeness (QED) is 0.578. The Bertz CT molecular complexity index is 1070. The average Bonchev–Trinajstić information content (AvgIpc) is 3.11. The minimum Gasteiger partial charge on any atom is -0.488 e. The Hall–Kier alpha value is -3.85. The smallest absolute Gasteiger partial charge is 0.185 e. The van der Waals surface area contributed by atoms with Gasteiger partial charge in [0.2, 0.25) is 0 Å². The maximum absolute atomic E-state index is 8.87. The zero-order chi connectivity index (χ0) is 17.8. The van der Waals surface area contributed by atoms with Gasteiger partial charge in [0.1, 0.15) is 17.7 Å². The highest BCUT2D eigenvalue weighted by Crippen LogP contribution is 2.34. The molecule has 4 rings (SSSR count). The van der Waals surface area contributed by atoms with Crippen molar-refractivity contribution < 1.29 is 9.26 Å². The summed E-state index contributed by atoms with van der Waals surface area (Å²) in [6.07, 6.45) is 3.42. The van der Waals surface area contributed by atoms with E-state index in [1.165, 1.54) is 0 Å². The molecule has 0 aliphatic heterocycles. The van der Waals surface area contributed by atoms with Gasteiger partial charge in [0, 0.05) is 6.20 Å². The molecule has 1 N–H and O–H groups in total. The van der Waals surface area contributed by atoms with E-state index in [2.05, 4.69) is 21.5 Å². The van der Waals surface area contributed by atoms with Gasteiger partial charge in [0.15, 0.2) is 11.4 Å². The monoisotopic (exact) mass is 342 g/mol. The van der Waals surface area contributed by atoms with Crippen molar-refractivity contribution in [3.8, 4) is 11.8 Å². The van der Waals surface area contributed by atoms with E-state index in [0.29, 0.717) is 29.3 Å². The number of rotatable bonds is 5. The lowest BCUT2D eigenvalue weighted by Crippen LogP contribution is -1.97. The fourth-order valence-corrected chi connectivity index (χ4v) is 2.58. The molecule has 6 heteroatoms. The molecule has 0 saturated carbocycles. The first-order valence-electron chi connectivity index (χ1n) is 8.01. The summed E-state index contributed by atoms with van der Waals surface area (Å²) < 4.78 is 11.4. The molecule has 0 atom stereocenters. The van der Waals surface area contributed by atoms with Crippen molar-refractivity contribution >= 4 is 22.5 Å². The van der Waals surface area contributed by atoms with Crippen molar-refractivity contribution in [1.82, 2.24) is 10.1 Å². The molecule has 2 aromatic heterocycles. The number of ether oxygens (including phenoxy) is 1. The van der Waals surface area contributed by atoms with Crippen LogP contribution in [0.4, 0.5) is 11.5 Å². The standard InChI is InChI=1S/C20H14N4O2/c21-11-14-6-8-15(9-7-14)13-25-17-4-1-5-18-19(17)20(24-26-18)23-16-3-2-10-22-12-16/h1-10,12H,13H2,(H,23,24). The van der Waals surface area contributed by atoms with E-state index < -0.39 is 0 Å². The van der Waals surface area contributed by atoms with Crippen LogP contribution in [0, 0.1) is 11.3 Å². The normalized spacial score (nSPS) is 10.4. The van der Waals surface area contributed by atoms with Gasteiger partial charge < -0.3 is 14.6 Å². The van der Waals surface area contributed by atoms with E-state index in [9.17, 15) is 0 Å². The van der Waals surface area contributed by atoms with Gasteiger partial charge in [0.25, 0.3) is 0 Å². The second-order valence-corrected chi connectivity index (χ2v) is 5.62. The molecule has 0 aliphatic rings. The van der Waals surface area contributed by atoms with Gasteiger partial charge in [-0.15, -0.1) is 0 Å². The zero-order valence-corrected chi connectivity index (χ0v) is 13.7. The van der Waals surface area contributed by atoms with Gasteiger partial charge in [-0.1, -0.05) is 23.4 Å². The van der Waals surface area contributed by atoms with Gasteiger partial charge in [-0.25, -0.2) is 0 Å². The number of nitrogens with one attached hydrogen (secondary N) is 1. The molecule has 0 unspecified atom stereocenters. The van der Waals surface area contributed by atoms with Crippen molar-refractivity contribution in [3.63, 3.8) is 0 Å². The van der Waals surface area contributed by atoms with Crippen LogP contribution >= 0.6 is 0 Å². The summed E-state index contributed by atoms with van der Waals surface area (Å²) in [6, 6.07) is 18.7. The SMILES string of the molecule is N#Cc1ccc(COc2cccc3onc(Nc4cccnc4)c23)cc1. The summed E-state index contributed by atoms with van der Waals surface area (Å²) in [5, 5.41) is 16.9. The predicted octanol–water partition coefficient (Wildman–Crippen LogP) is 4.42. The molecular weight excluding hydrogens is 328 g/mol. The van der Waals surface area contributed by atoms with Crippen molar-refractivity contribution in [2.24, 2.45) is 0 Å². The number of hydrogen-bond donors (Lipinski definition) is 1. The fourth-order valence-electron chi connectivity index (χ4n) is 2.58. The summed E-state index contributed by atoms with van der Waals surface area (Å²) in [7, 11) is 0. The van der Waals surface area contributed by atoms with E-state index in [4.69, 9.17) is 14.5 Å². The highest BCUT2D eigenvalue weighted by Gasteiger charge is 2.14. The number of nitriles is 1. The number of hydrogen-bond acceptors (Lipinski definition) is 6. The van der Waals surface area contributed by atoms with E-state index in [1.54, 1.807) is 24.5 Å². The Labute approximate surface area is 149 Å². The largest absolute Gasteiger partial charge is 0.488 e. The van der Waals surface area contributed by atoms with Crippen LogP contribution in [0.2, 0.25) is 0 Å². The third-order valence-electron chi connectivity index (χ3n) is 3.86. The molecule has 126 valence electrons. The first kappa shape index (κ1) is 15.7. The number of pyridine rings is 1. The van der Waals surface area contributed by atoms with Gasteiger partial charge in [-0.2, -0.15) is 5.26 Å². The minimum atomic E-state index is 0.377. The van der Waals surface area contributed by atoms with E-state index in [0.717, 1.165) is 16.6 Å². The second-order valence-electron chi connectivity index (χ2n) is 5.62. The number of anilines is 2. The van der Waals surface area contributed by atoms with Gasteiger partial charge >= 0.3 is 0 Å². The third kappa shape index (κ3) is 3.19. The van der Waals surface area contributed by atoms with Crippen LogP contribution in [0.3, 0.4) is 0 Å². The lowest BCUT2D eigenvalue weighted by molar-refractivity contribution is 0.310. The molecule has 0 fully saturated rings. The van der Waals surface area contributed by atoms with Crippen molar-refractivity contribution in [2.45, 2.75) is 6.61 Å². The first-order valence-corrected chi connectivity index (χ1v) is 8.01. The maximum Gasteiger partial charge on any atom is 0.185 e. The number of aromatic nitrogens is 2. The topological polar surface area (TPSA) is 84.0 Å². The summed E-state index contributed by atoms with van der Waals surface area (Å²) >= 11 is 0. The van der Waals surface area contributed by atoms with Crippen LogP contribution in [0.25, 0.3) is 11.0 Å². The summed E-state index contributed by atoms with van der Waals surface area (Å²) in [4.78, 5) is 4.08. The van der Waals surface area contributed by atoms with Crippen LogP contribution in [0.1, 0.15) is 11.1 Å². The Morgan fingerprint density at radius 2 is 1.96 bits per heavy atom. The summed E-state index contributed by atoms with van der Waals surface area (Å²) in [6.45, 7) is 0.377. The number of fused-ring (bicyclic) bond motifs is 1. The van der Waals surface area contributed by atoms with E-state index in [1.807, 2.05) is 42.5 Å². The maximum atomic E-state index is 8.87. The Morgan fingerprint density at radius 1 is 1.08 bits per heavy atom. The van der Waals surface area contributed by atoms with Crippen LogP contribution in [-0.2, 0) is 6.61 Å². The Balaban J connectivity index is 1.60. The zero-order valence-electron chi connectivity index (χ0n) is 13.7. The molecule has 2 aromatic carbocycles. The minimum absolute atomic E-state index is 0.377. The summed E-state index contributed by atoms with van der Waals surface area (Å²) in [5.41, 5.74) is 3.04. The highest BCUT2D eigenvalue weighted by atomic mass is 16.5. The second kappa shape index (κ2) is 6.95. The van der Waals surface area contributed by atoms with Crippen LogP contribution in [0.15, 0.2) is 71.5 Å². The molecule has 6 nitrogen and oxygen atoms in total. The lowest BCUT2D eigenvalue weighted by Gasteiger charge is -2.08. The molecule has 2 heterocycles. The van der Waals surface area contributed by atoms with Gasteiger partial charge in [0.05, 0.1) is 23.5 Å². The van der Waals surface area contributed by atoms with Crippen LogP contribution in [0.5, 0.6) is 5.75 Å². The molecule has 0 amide bonds. The molecule has 0 aliphatic carbocycles. The Kier molecular flexibility index (Phi) is 4.19. The number of nitrogens with zero attached hydrogens (tertiary/aromatic N) is 3.